The molecule has 0 aliphatic carbocycles. The van der Waals surface area contributed by atoms with Gasteiger partial charge in [-0.15, -0.1) is 0 Å². The summed E-state index contributed by atoms with van der Waals surface area (Å²) in [5, 5.41) is 9.45. The Morgan fingerprint density at radius 3 is 2.84 bits per heavy atom. The minimum atomic E-state index is -0.365. The van der Waals surface area contributed by atoms with Crippen LogP contribution in [0.15, 0.2) is 18.2 Å². The summed E-state index contributed by atoms with van der Waals surface area (Å²) >= 11 is 0. The number of fused-ring (bicyclic) bond motifs is 1. The number of amides is 1. The molecule has 0 radical (unpaired) electrons. The van der Waals surface area contributed by atoms with E-state index in [2.05, 4.69) is 16.0 Å². The fraction of sp³-hybridized carbons (Fsp3) is 0.500. The van der Waals surface area contributed by atoms with Gasteiger partial charge in [0, 0.05) is 26.7 Å². The van der Waals surface area contributed by atoms with E-state index in [4.69, 9.17) is 4.74 Å². The summed E-state index contributed by atoms with van der Waals surface area (Å²) in [6, 6.07) is 5.68. The first-order valence-corrected chi connectivity index (χ1v) is 6.47. The van der Waals surface area contributed by atoms with Crippen molar-refractivity contribution in [2.24, 2.45) is 0 Å². The van der Waals surface area contributed by atoms with Gasteiger partial charge in [-0.1, -0.05) is 6.07 Å². The lowest BCUT2D eigenvalue weighted by atomic mass is 10.1. The molecule has 1 aromatic carbocycles. The van der Waals surface area contributed by atoms with Crippen molar-refractivity contribution in [2.45, 2.75) is 19.4 Å². The molecule has 0 fully saturated rings. The van der Waals surface area contributed by atoms with Gasteiger partial charge in [-0.25, -0.2) is 0 Å². The molecule has 19 heavy (non-hydrogen) atoms. The van der Waals surface area contributed by atoms with Gasteiger partial charge in [-0.3, -0.25) is 4.79 Å². The number of ether oxygens (including phenoxy) is 1. The van der Waals surface area contributed by atoms with Crippen LogP contribution in [0.3, 0.4) is 0 Å². The summed E-state index contributed by atoms with van der Waals surface area (Å²) in [6.45, 7) is 6.04. The Bertz CT molecular complexity index is 472. The second kappa shape index (κ2) is 5.48. The van der Waals surface area contributed by atoms with Crippen molar-refractivity contribution in [1.29, 1.82) is 0 Å². The lowest BCUT2D eigenvalue weighted by Crippen LogP contribution is -2.40. The fourth-order valence-corrected chi connectivity index (χ4v) is 1.92. The predicted octanol–water partition coefficient (Wildman–Crippen LogP) is 1.68. The van der Waals surface area contributed by atoms with Crippen LogP contribution in [0.2, 0.25) is 0 Å². The number of para-hydroxylation sites is 1. The molecule has 0 saturated heterocycles. The third-order valence-corrected chi connectivity index (χ3v) is 3.28. The monoisotopic (exact) mass is 263 g/mol. The van der Waals surface area contributed by atoms with Crippen LogP contribution in [0.1, 0.15) is 24.2 Å². The molecule has 0 unspecified atom stereocenters. The summed E-state index contributed by atoms with van der Waals surface area (Å²) in [4.78, 5) is 12.2. The van der Waals surface area contributed by atoms with Crippen LogP contribution >= 0.6 is 0 Å². The van der Waals surface area contributed by atoms with E-state index < -0.39 is 0 Å². The summed E-state index contributed by atoms with van der Waals surface area (Å²) in [5.74, 6) is -0.0850. The van der Waals surface area contributed by atoms with E-state index in [1.165, 1.54) is 0 Å². The Morgan fingerprint density at radius 1 is 1.37 bits per heavy atom. The molecule has 1 amide bonds. The van der Waals surface area contributed by atoms with E-state index >= 15 is 0 Å². The summed E-state index contributed by atoms with van der Waals surface area (Å²) < 4.78 is 5.29. The number of hydrogen-bond donors (Lipinski definition) is 3. The third kappa shape index (κ3) is 3.17. The minimum Gasteiger partial charge on any atom is -0.382 e. The Morgan fingerprint density at radius 2 is 2.11 bits per heavy atom. The normalized spacial score (nSPS) is 14.1. The number of rotatable bonds is 4. The molecule has 104 valence electrons. The Hall–Kier alpha value is -1.75. The first-order valence-electron chi connectivity index (χ1n) is 6.47. The molecule has 1 aliphatic rings. The van der Waals surface area contributed by atoms with E-state index in [1.54, 1.807) is 7.11 Å². The number of methoxy groups -OCH3 is 1. The number of carbonyl (C=O) groups excluding carboxylic acids is 1. The van der Waals surface area contributed by atoms with Crippen molar-refractivity contribution in [3.63, 3.8) is 0 Å². The zero-order valence-corrected chi connectivity index (χ0v) is 11.7. The van der Waals surface area contributed by atoms with Crippen molar-refractivity contribution < 1.29 is 9.53 Å². The summed E-state index contributed by atoms with van der Waals surface area (Å²) in [5.41, 5.74) is 2.15. The lowest BCUT2D eigenvalue weighted by molar-refractivity contribution is 0.0229. The van der Waals surface area contributed by atoms with Crippen LogP contribution in [0.25, 0.3) is 0 Å². The van der Waals surface area contributed by atoms with Crippen LogP contribution in [0, 0.1) is 0 Å². The van der Waals surface area contributed by atoms with Crippen molar-refractivity contribution in [3.05, 3.63) is 23.8 Å². The van der Waals surface area contributed by atoms with Gasteiger partial charge in [-0.05, 0) is 26.0 Å². The molecule has 1 aromatic rings. The molecular formula is C14H21N3O2. The smallest absolute Gasteiger partial charge is 0.253 e. The summed E-state index contributed by atoms with van der Waals surface area (Å²) in [6.07, 6.45) is 0. The number of hydrogen-bond acceptors (Lipinski definition) is 4. The number of carbonyl (C=O) groups is 1. The standard InChI is InChI=1S/C14H21N3O2/c1-14(2,19-3)9-17-13(18)10-5-4-6-11-12(10)16-8-7-15-11/h4-6,15-16H,7-9H2,1-3H3,(H,17,18). The van der Waals surface area contributed by atoms with Gasteiger partial charge in [0.15, 0.2) is 0 Å². The van der Waals surface area contributed by atoms with E-state index in [1.807, 2.05) is 32.0 Å². The number of nitrogens with one attached hydrogen (secondary N) is 3. The quantitative estimate of drug-likeness (QED) is 0.773. The van der Waals surface area contributed by atoms with Crippen molar-refractivity contribution in [3.8, 4) is 0 Å². The maximum absolute atomic E-state index is 12.2. The molecule has 1 heterocycles. The highest BCUT2D eigenvalue weighted by atomic mass is 16.5. The molecule has 3 N–H and O–H groups in total. The Balaban J connectivity index is 2.11. The molecule has 1 aliphatic heterocycles. The largest absolute Gasteiger partial charge is 0.382 e. The van der Waals surface area contributed by atoms with Gasteiger partial charge >= 0.3 is 0 Å². The zero-order chi connectivity index (χ0) is 13.9. The molecule has 0 atom stereocenters. The molecule has 0 aromatic heterocycles. The average Bonchev–Trinajstić information content (AvgIpc) is 2.44. The van der Waals surface area contributed by atoms with E-state index in [9.17, 15) is 4.79 Å². The van der Waals surface area contributed by atoms with Crippen molar-refractivity contribution in [2.75, 3.05) is 37.4 Å². The Kier molecular flexibility index (Phi) is 3.95. The number of anilines is 2. The first kappa shape index (κ1) is 13.7. The van der Waals surface area contributed by atoms with Gasteiger partial charge in [-0.2, -0.15) is 0 Å². The summed E-state index contributed by atoms with van der Waals surface area (Å²) in [7, 11) is 1.64. The van der Waals surface area contributed by atoms with E-state index in [0.717, 1.165) is 24.5 Å². The van der Waals surface area contributed by atoms with Gasteiger partial charge in [0.2, 0.25) is 0 Å². The van der Waals surface area contributed by atoms with Gasteiger partial charge in [0.05, 0.1) is 22.5 Å². The highest BCUT2D eigenvalue weighted by molar-refractivity contribution is 6.02. The van der Waals surface area contributed by atoms with Gasteiger partial charge in [0.1, 0.15) is 0 Å². The molecular weight excluding hydrogens is 242 g/mol. The van der Waals surface area contributed by atoms with Crippen LogP contribution in [-0.2, 0) is 4.74 Å². The predicted molar refractivity (Wildman–Crippen MR) is 76.8 cm³/mol. The molecule has 0 spiro atoms. The van der Waals surface area contributed by atoms with Crippen LogP contribution in [0.5, 0.6) is 0 Å². The van der Waals surface area contributed by atoms with Gasteiger partial charge in [0.25, 0.3) is 5.91 Å². The Labute approximate surface area is 113 Å². The second-order valence-corrected chi connectivity index (χ2v) is 5.23. The van der Waals surface area contributed by atoms with Gasteiger partial charge < -0.3 is 20.7 Å². The van der Waals surface area contributed by atoms with E-state index in [0.29, 0.717) is 12.1 Å². The number of benzene rings is 1. The maximum Gasteiger partial charge on any atom is 0.253 e. The molecule has 5 nitrogen and oxygen atoms in total. The second-order valence-electron chi connectivity index (χ2n) is 5.23. The van der Waals surface area contributed by atoms with Crippen molar-refractivity contribution >= 4 is 17.3 Å². The fourth-order valence-electron chi connectivity index (χ4n) is 1.92. The first-order chi connectivity index (χ1) is 9.03. The highest BCUT2D eigenvalue weighted by Crippen LogP contribution is 2.28. The molecule has 0 bridgehead atoms. The highest BCUT2D eigenvalue weighted by Gasteiger charge is 2.21. The van der Waals surface area contributed by atoms with Crippen LogP contribution in [-0.4, -0.2) is 38.3 Å². The van der Waals surface area contributed by atoms with Crippen molar-refractivity contribution in [1.82, 2.24) is 5.32 Å². The topological polar surface area (TPSA) is 62.4 Å². The lowest BCUT2D eigenvalue weighted by Gasteiger charge is -2.25. The minimum absolute atomic E-state index is 0.0850. The average molecular weight is 263 g/mol. The SMILES string of the molecule is COC(C)(C)CNC(=O)c1cccc2c1NCCN2. The molecule has 5 heteroatoms. The van der Waals surface area contributed by atoms with Crippen LogP contribution < -0.4 is 16.0 Å². The molecule has 2 rings (SSSR count). The van der Waals surface area contributed by atoms with Crippen LogP contribution in [0.4, 0.5) is 11.4 Å². The zero-order valence-electron chi connectivity index (χ0n) is 11.7. The third-order valence-electron chi connectivity index (χ3n) is 3.28. The van der Waals surface area contributed by atoms with E-state index in [-0.39, 0.29) is 11.5 Å². The maximum atomic E-state index is 12.2. The molecule has 0 saturated carbocycles.